The maximum Gasteiger partial charge on any atom is 0.222 e. The fourth-order valence-electron chi connectivity index (χ4n) is 1.24. The van der Waals surface area contributed by atoms with E-state index in [-0.39, 0.29) is 5.91 Å². The highest BCUT2D eigenvalue weighted by Crippen LogP contribution is 2.09. The van der Waals surface area contributed by atoms with Crippen molar-refractivity contribution in [1.82, 2.24) is 4.90 Å². The molecule has 0 aromatic heterocycles. The molecule has 3 nitrogen and oxygen atoms in total. The van der Waals surface area contributed by atoms with Crippen molar-refractivity contribution in [3.05, 3.63) is 12.3 Å². The topological polar surface area (TPSA) is 46.3 Å². The number of piperidine rings is 1. The van der Waals surface area contributed by atoms with Crippen molar-refractivity contribution < 1.29 is 4.79 Å². The number of nitrogens with two attached hydrogens (primary N) is 1. The second-order valence-corrected chi connectivity index (χ2v) is 2.73. The van der Waals surface area contributed by atoms with Gasteiger partial charge in [-0.05, 0) is 25.1 Å². The van der Waals surface area contributed by atoms with Crippen molar-refractivity contribution in [3.63, 3.8) is 0 Å². The zero-order valence-electron chi connectivity index (χ0n) is 6.62. The molecule has 0 aliphatic carbocycles. The maximum atomic E-state index is 11.2. The van der Waals surface area contributed by atoms with Gasteiger partial charge in [-0.2, -0.15) is 0 Å². The van der Waals surface area contributed by atoms with Crippen LogP contribution in [0.4, 0.5) is 0 Å². The normalized spacial score (nSPS) is 19.6. The van der Waals surface area contributed by atoms with E-state index in [1.54, 1.807) is 0 Å². The Labute approximate surface area is 66.9 Å². The predicted octanol–water partition coefficient (Wildman–Crippen LogP) is 0.471. The van der Waals surface area contributed by atoms with E-state index in [9.17, 15) is 4.79 Å². The molecular formula is C8H14N2O. The SMILES string of the molecule is NC=CCN1CCCCC1=O. The van der Waals surface area contributed by atoms with Crippen LogP contribution < -0.4 is 5.73 Å². The molecule has 0 saturated carbocycles. The van der Waals surface area contributed by atoms with Gasteiger partial charge in [0.1, 0.15) is 0 Å². The van der Waals surface area contributed by atoms with Crippen LogP contribution in [0.2, 0.25) is 0 Å². The van der Waals surface area contributed by atoms with Gasteiger partial charge in [-0.15, -0.1) is 0 Å². The van der Waals surface area contributed by atoms with E-state index in [0.717, 1.165) is 19.4 Å². The van der Waals surface area contributed by atoms with Crippen LogP contribution in [0.1, 0.15) is 19.3 Å². The highest BCUT2D eigenvalue weighted by Gasteiger charge is 2.15. The average Bonchev–Trinajstić information content (AvgIpc) is 2.03. The number of rotatable bonds is 2. The molecule has 0 atom stereocenters. The van der Waals surface area contributed by atoms with Gasteiger partial charge in [0.2, 0.25) is 5.91 Å². The van der Waals surface area contributed by atoms with Crippen molar-refractivity contribution >= 4 is 5.91 Å². The summed E-state index contributed by atoms with van der Waals surface area (Å²) in [4.78, 5) is 13.0. The van der Waals surface area contributed by atoms with Gasteiger partial charge in [0, 0.05) is 19.5 Å². The monoisotopic (exact) mass is 154 g/mol. The first kappa shape index (κ1) is 8.11. The summed E-state index contributed by atoms with van der Waals surface area (Å²) >= 11 is 0. The summed E-state index contributed by atoms with van der Waals surface area (Å²) in [6.45, 7) is 1.57. The lowest BCUT2D eigenvalue weighted by atomic mass is 10.1. The lowest BCUT2D eigenvalue weighted by Crippen LogP contribution is -2.35. The van der Waals surface area contributed by atoms with Crippen molar-refractivity contribution in [3.8, 4) is 0 Å². The number of likely N-dealkylation sites (tertiary alicyclic amines) is 1. The third kappa shape index (κ3) is 2.26. The second-order valence-electron chi connectivity index (χ2n) is 2.73. The fraction of sp³-hybridized carbons (Fsp3) is 0.625. The third-order valence-electron chi connectivity index (χ3n) is 1.88. The van der Waals surface area contributed by atoms with E-state index in [1.807, 2.05) is 11.0 Å². The Bertz CT molecular complexity index is 165. The average molecular weight is 154 g/mol. The van der Waals surface area contributed by atoms with Gasteiger partial charge >= 0.3 is 0 Å². The van der Waals surface area contributed by atoms with Crippen LogP contribution in [0, 0.1) is 0 Å². The number of nitrogens with zero attached hydrogens (tertiary/aromatic N) is 1. The molecule has 62 valence electrons. The largest absolute Gasteiger partial charge is 0.405 e. The molecule has 2 N–H and O–H groups in total. The van der Waals surface area contributed by atoms with Gasteiger partial charge < -0.3 is 10.6 Å². The third-order valence-corrected chi connectivity index (χ3v) is 1.88. The lowest BCUT2D eigenvalue weighted by molar-refractivity contribution is -0.132. The first-order chi connectivity index (χ1) is 5.34. The maximum absolute atomic E-state index is 11.2. The molecule has 0 spiro atoms. The molecule has 1 fully saturated rings. The number of carbonyl (C=O) groups is 1. The molecule has 3 heteroatoms. The number of amides is 1. The van der Waals surface area contributed by atoms with Crippen LogP contribution in [0.3, 0.4) is 0 Å². The minimum Gasteiger partial charge on any atom is -0.405 e. The second kappa shape index (κ2) is 4.01. The van der Waals surface area contributed by atoms with E-state index in [1.165, 1.54) is 6.20 Å². The van der Waals surface area contributed by atoms with E-state index in [0.29, 0.717) is 13.0 Å². The summed E-state index contributed by atoms with van der Waals surface area (Å²) in [5.74, 6) is 0.259. The lowest BCUT2D eigenvalue weighted by Gasteiger charge is -2.25. The summed E-state index contributed by atoms with van der Waals surface area (Å²) in [7, 11) is 0. The Balaban J connectivity index is 2.35. The predicted molar refractivity (Wildman–Crippen MR) is 43.8 cm³/mol. The molecule has 1 aliphatic heterocycles. The molecule has 1 rings (SSSR count). The zero-order valence-corrected chi connectivity index (χ0v) is 6.62. The standard InChI is InChI=1S/C8H14N2O/c9-5-3-7-10-6-2-1-4-8(10)11/h3,5H,1-2,4,6-7,9H2. The summed E-state index contributed by atoms with van der Waals surface area (Å²) in [6, 6.07) is 0. The van der Waals surface area contributed by atoms with E-state index < -0.39 is 0 Å². The van der Waals surface area contributed by atoms with E-state index in [2.05, 4.69) is 0 Å². The van der Waals surface area contributed by atoms with E-state index >= 15 is 0 Å². The molecule has 1 saturated heterocycles. The first-order valence-electron chi connectivity index (χ1n) is 3.99. The molecule has 0 aromatic carbocycles. The van der Waals surface area contributed by atoms with Gasteiger partial charge in [-0.25, -0.2) is 0 Å². The number of hydrogen-bond acceptors (Lipinski definition) is 2. The van der Waals surface area contributed by atoms with Gasteiger partial charge in [0.25, 0.3) is 0 Å². The van der Waals surface area contributed by atoms with Gasteiger partial charge in [0.05, 0.1) is 0 Å². The molecule has 0 radical (unpaired) electrons. The molecule has 11 heavy (non-hydrogen) atoms. The quantitative estimate of drug-likeness (QED) is 0.628. The highest BCUT2D eigenvalue weighted by molar-refractivity contribution is 5.76. The van der Waals surface area contributed by atoms with Gasteiger partial charge in [0.15, 0.2) is 0 Å². The molecule has 0 bridgehead atoms. The van der Waals surface area contributed by atoms with Gasteiger partial charge in [-0.1, -0.05) is 0 Å². The Hall–Kier alpha value is -0.990. The first-order valence-corrected chi connectivity index (χ1v) is 3.99. The Morgan fingerprint density at radius 3 is 3.00 bits per heavy atom. The summed E-state index contributed by atoms with van der Waals surface area (Å²) in [5.41, 5.74) is 5.17. The Kier molecular flexibility index (Phi) is 2.95. The van der Waals surface area contributed by atoms with Crippen molar-refractivity contribution in [2.24, 2.45) is 5.73 Å². The van der Waals surface area contributed by atoms with Crippen LogP contribution >= 0.6 is 0 Å². The zero-order chi connectivity index (χ0) is 8.10. The van der Waals surface area contributed by atoms with Crippen LogP contribution in [0.5, 0.6) is 0 Å². The molecule has 1 amide bonds. The van der Waals surface area contributed by atoms with Crippen molar-refractivity contribution in [1.29, 1.82) is 0 Å². The van der Waals surface area contributed by atoms with Crippen LogP contribution in [-0.4, -0.2) is 23.9 Å². The Morgan fingerprint density at radius 2 is 2.36 bits per heavy atom. The Morgan fingerprint density at radius 1 is 1.55 bits per heavy atom. The van der Waals surface area contributed by atoms with Crippen molar-refractivity contribution in [2.75, 3.05) is 13.1 Å². The van der Waals surface area contributed by atoms with Crippen LogP contribution in [0.25, 0.3) is 0 Å². The molecule has 0 unspecified atom stereocenters. The molecule has 0 aromatic rings. The number of hydrogen-bond donors (Lipinski definition) is 1. The summed E-state index contributed by atoms with van der Waals surface area (Å²) in [6.07, 6.45) is 6.18. The molecule has 1 aliphatic rings. The minimum absolute atomic E-state index is 0.259. The van der Waals surface area contributed by atoms with Crippen molar-refractivity contribution in [2.45, 2.75) is 19.3 Å². The molecule has 1 heterocycles. The number of carbonyl (C=O) groups excluding carboxylic acids is 1. The van der Waals surface area contributed by atoms with Gasteiger partial charge in [-0.3, -0.25) is 4.79 Å². The molecular weight excluding hydrogens is 140 g/mol. The smallest absolute Gasteiger partial charge is 0.222 e. The summed E-state index contributed by atoms with van der Waals surface area (Å²) in [5, 5.41) is 0. The fourth-order valence-corrected chi connectivity index (χ4v) is 1.24. The summed E-state index contributed by atoms with van der Waals surface area (Å²) < 4.78 is 0. The highest BCUT2D eigenvalue weighted by atomic mass is 16.2. The van der Waals surface area contributed by atoms with Crippen LogP contribution in [0.15, 0.2) is 12.3 Å². The van der Waals surface area contributed by atoms with Crippen LogP contribution in [-0.2, 0) is 4.79 Å². The minimum atomic E-state index is 0.259. The van der Waals surface area contributed by atoms with E-state index in [4.69, 9.17) is 5.73 Å².